The number of anilines is 1. The Bertz CT molecular complexity index is 501. The molecule has 2 nitrogen and oxygen atoms in total. The van der Waals surface area contributed by atoms with Gasteiger partial charge in [0.1, 0.15) is 5.82 Å². The summed E-state index contributed by atoms with van der Waals surface area (Å²) in [6.45, 7) is 2.96. The maximum Gasteiger partial charge on any atom is 0.128 e. The average Bonchev–Trinajstić information content (AvgIpc) is 2.45. The highest BCUT2D eigenvalue weighted by molar-refractivity contribution is 5.42. The van der Waals surface area contributed by atoms with Crippen molar-refractivity contribution in [3.63, 3.8) is 0 Å². The first-order valence-corrected chi connectivity index (χ1v) is 6.39. The quantitative estimate of drug-likeness (QED) is 0.851. The Hall–Kier alpha value is -1.87. The van der Waals surface area contributed by atoms with Crippen molar-refractivity contribution in [2.45, 2.75) is 19.6 Å². The predicted molar refractivity (Wildman–Crippen MR) is 75.6 cm³/mol. The second-order valence-corrected chi connectivity index (χ2v) is 4.46. The van der Waals surface area contributed by atoms with E-state index in [0.29, 0.717) is 18.7 Å². The largest absolute Gasteiger partial charge is 0.382 e. The van der Waals surface area contributed by atoms with Gasteiger partial charge in [0.25, 0.3) is 0 Å². The van der Waals surface area contributed by atoms with Crippen LogP contribution >= 0.6 is 0 Å². The van der Waals surface area contributed by atoms with Gasteiger partial charge in [-0.05, 0) is 25.1 Å². The number of hydrogen-bond acceptors (Lipinski definition) is 2. The molecule has 0 aromatic heterocycles. The fourth-order valence-electron chi connectivity index (χ4n) is 1.72. The molecule has 0 aliphatic rings. The van der Waals surface area contributed by atoms with Crippen molar-refractivity contribution >= 4 is 5.69 Å². The van der Waals surface area contributed by atoms with Crippen LogP contribution < -0.4 is 5.32 Å². The molecule has 0 saturated carbocycles. The van der Waals surface area contributed by atoms with Gasteiger partial charge >= 0.3 is 0 Å². The van der Waals surface area contributed by atoms with Gasteiger partial charge in [0, 0.05) is 17.8 Å². The van der Waals surface area contributed by atoms with Gasteiger partial charge in [-0.1, -0.05) is 36.4 Å². The molecular formula is C16H18FNO. The van der Waals surface area contributed by atoms with Gasteiger partial charge in [-0.2, -0.15) is 0 Å². The van der Waals surface area contributed by atoms with E-state index >= 15 is 0 Å². The Morgan fingerprint density at radius 2 is 1.74 bits per heavy atom. The Kier molecular flexibility index (Phi) is 4.93. The summed E-state index contributed by atoms with van der Waals surface area (Å²) in [5.41, 5.74) is 1.65. The molecule has 0 aliphatic heterocycles. The lowest BCUT2D eigenvalue weighted by atomic mass is 10.2. The minimum atomic E-state index is -0.217. The van der Waals surface area contributed by atoms with E-state index in [1.807, 2.05) is 43.3 Å². The minimum Gasteiger partial charge on any atom is -0.382 e. The Balaban J connectivity index is 1.76. The summed E-state index contributed by atoms with van der Waals surface area (Å²) in [6.07, 6.45) is 0.0137. The SMILES string of the molecule is CC(CNc1ccccc1)OCc1ccccc1F. The second kappa shape index (κ2) is 6.90. The molecule has 1 N–H and O–H groups in total. The first-order valence-electron chi connectivity index (χ1n) is 6.39. The number of rotatable bonds is 6. The molecule has 100 valence electrons. The topological polar surface area (TPSA) is 21.3 Å². The van der Waals surface area contributed by atoms with E-state index in [4.69, 9.17) is 4.74 Å². The van der Waals surface area contributed by atoms with Crippen molar-refractivity contribution in [2.24, 2.45) is 0 Å². The molecule has 0 amide bonds. The smallest absolute Gasteiger partial charge is 0.128 e. The van der Waals surface area contributed by atoms with Crippen LogP contribution in [0.3, 0.4) is 0 Å². The van der Waals surface area contributed by atoms with Crippen LogP contribution in [-0.2, 0) is 11.3 Å². The summed E-state index contributed by atoms with van der Waals surface area (Å²) in [6, 6.07) is 16.6. The molecule has 2 aromatic rings. The van der Waals surface area contributed by atoms with Crippen molar-refractivity contribution in [1.82, 2.24) is 0 Å². The third-order valence-electron chi connectivity index (χ3n) is 2.85. The highest BCUT2D eigenvalue weighted by atomic mass is 19.1. The van der Waals surface area contributed by atoms with E-state index in [1.165, 1.54) is 6.07 Å². The van der Waals surface area contributed by atoms with Gasteiger partial charge in [-0.15, -0.1) is 0 Å². The third-order valence-corrected chi connectivity index (χ3v) is 2.85. The van der Waals surface area contributed by atoms with Crippen LogP contribution in [0.2, 0.25) is 0 Å². The summed E-state index contributed by atoms with van der Waals surface area (Å²) in [5.74, 6) is -0.217. The van der Waals surface area contributed by atoms with Crippen molar-refractivity contribution < 1.29 is 9.13 Å². The molecule has 1 unspecified atom stereocenters. The monoisotopic (exact) mass is 259 g/mol. The third kappa shape index (κ3) is 4.38. The van der Waals surface area contributed by atoms with Crippen LogP contribution in [-0.4, -0.2) is 12.6 Å². The van der Waals surface area contributed by atoms with E-state index in [-0.39, 0.29) is 11.9 Å². The average molecular weight is 259 g/mol. The Morgan fingerprint density at radius 1 is 1.05 bits per heavy atom. The molecule has 0 heterocycles. The summed E-state index contributed by atoms with van der Waals surface area (Å²) in [5, 5.41) is 3.28. The van der Waals surface area contributed by atoms with E-state index < -0.39 is 0 Å². The fraction of sp³-hybridized carbons (Fsp3) is 0.250. The molecule has 2 aromatic carbocycles. The van der Waals surface area contributed by atoms with Crippen LogP contribution in [0.25, 0.3) is 0 Å². The molecule has 3 heteroatoms. The lowest BCUT2D eigenvalue weighted by Crippen LogP contribution is -2.19. The number of para-hydroxylation sites is 1. The van der Waals surface area contributed by atoms with Gasteiger partial charge in [0.15, 0.2) is 0 Å². The van der Waals surface area contributed by atoms with Crippen LogP contribution in [0.1, 0.15) is 12.5 Å². The maximum absolute atomic E-state index is 13.4. The van der Waals surface area contributed by atoms with Crippen molar-refractivity contribution in [1.29, 1.82) is 0 Å². The molecular weight excluding hydrogens is 241 g/mol. The first kappa shape index (κ1) is 13.6. The molecule has 0 spiro atoms. The van der Waals surface area contributed by atoms with E-state index in [0.717, 1.165) is 5.69 Å². The number of halogens is 1. The zero-order valence-corrected chi connectivity index (χ0v) is 11.0. The van der Waals surface area contributed by atoms with Gasteiger partial charge in [-0.25, -0.2) is 4.39 Å². The van der Waals surface area contributed by atoms with Crippen LogP contribution in [0.5, 0.6) is 0 Å². The molecule has 0 bridgehead atoms. The molecule has 0 fully saturated rings. The van der Waals surface area contributed by atoms with E-state index in [1.54, 1.807) is 12.1 Å². The van der Waals surface area contributed by atoms with Gasteiger partial charge in [0.2, 0.25) is 0 Å². The maximum atomic E-state index is 13.4. The zero-order chi connectivity index (χ0) is 13.5. The molecule has 2 rings (SSSR count). The van der Waals surface area contributed by atoms with Gasteiger partial charge < -0.3 is 10.1 Å². The first-order chi connectivity index (χ1) is 9.25. The molecule has 0 radical (unpaired) electrons. The standard InChI is InChI=1S/C16H18FNO/c1-13(11-18-15-8-3-2-4-9-15)19-12-14-7-5-6-10-16(14)17/h2-10,13,18H,11-12H2,1H3. The van der Waals surface area contributed by atoms with E-state index in [9.17, 15) is 4.39 Å². The molecule has 0 aliphatic carbocycles. The fourth-order valence-corrected chi connectivity index (χ4v) is 1.72. The predicted octanol–water partition coefficient (Wildman–Crippen LogP) is 3.84. The summed E-state index contributed by atoms with van der Waals surface area (Å²) < 4.78 is 19.0. The number of ether oxygens (including phenoxy) is 1. The molecule has 1 atom stereocenters. The van der Waals surface area contributed by atoms with Gasteiger partial charge in [0.05, 0.1) is 12.7 Å². The van der Waals surface area contributed by atoms with Crippen molar-refractivity contribution in [2.75, 3.05) is 11.9 Å². The minimum absolute atomic E-state index is 0.0137. The zero-order valence-electron chi connectivity index (χ0n) is 11.0. The second-order valence-electron chi connectivity index (χ2n) is 4.46. The van der Waals surface area contributed by atoms with Gasteiger partial charge in [-0.3, -0.25) is 0 Å². The summed E-state index contributed by atoms with van der Waals surface area (Å²) in [4.78, 5) is 0. The van der Waals surface area contributed by atoms with Crippen molar-refractivity contribution in [3.05, 3.63) is 66.0 Å². The van der Waals surface area contributed by atoms with Crippen LogP contribution in [0, 0.1) is 5.82 Å². The highest BCUT2D eigenvalue weighted by Crippen LogP contribution is 2.10. The summed E-state index contributed by atoms with van der Waals surface area (Å²) in [7, 11) is 0. The Labute approximate surface area is 113 Å². The number of nitrogens with one attached hydrogen (secondary N) is 1. The number of hydrogen-bond donors (Lipinski definition) is 1. The molecule has 19 heavy (non-hydrogen) atoms. The Morgan fingerprint density at radius 3 is 2.47 bits per heavy atom. The normalized spacial score (nSPS) is 12.1. The lowest BCUT2D eigenvalue weighted by molar-refractivity contribution is 0.0599. The highest BCUT2D eigenvalue weighted by Gasteiger charge is 2.05. The van der Waals surface area contributed by atoms with E-state index in [2.05, 4.69) is 5.32 Å². The van der Waals surface area contributed by atoms with Crippen LogP contribution in [0.4, 0.5) is 10.1 Å². The number of benzene rings is 2. The summed E-state index contributed by atoms with van der Waals surface area (Å²) >= 11 is 0. The molecule has 0 saturated heterocycles. The van der Waals surface area contributed by atoms with Crippen molar-refractivity contribution in [3.8, 4) is 0 Å². The van der Waals surface area contributed by atoms with Crippen LogP contribution in [0.15, 0.2) is 54.6 Å². The lowest BCUT2D eigenvalue weighted by Gasteiger charge is -2.15.